The van der Waals surface area contributed by atoms with Gasteiger partial charge in [0.15, 0.2) is 0 Å². The molecule has 102 valence electrons. The Labute approximate surface area is 121 Å². The summed E-state index contributed by atoms with van der Waals surface area (Å²) in [4.78, 5) is 16.7. The normalized spacial score (nSPS) is 9.80. The third-order valence-electron chi connectivity index (χ3n) is 2.68. The van der Waals surface area contributed by atoms with Crippen molar-refractivity contribution in [1.82, 2.24) is 10.3 Å². The minimum Gasteiger partial charge on any atom is -0.368 e. The molecular weight excluding hydrogens is 272 g/mol. The maximum absolute atomic E-state index is 11.8. The number of aryl methyl sites for hydroxylation is 1. The van der Waals surface area contributed by atoms with Crippen molar-refractivity contribution in [1.29, 1.82) is 5.26 Å². The van der Waals surface area contributed by atoms with Gasteiger partial charge >= 0.3 is 0 Å². The Bertz CT molecular complexity index is 627. The second-order valence-electron chi connectivity index (χ2n) is 4.16. The number of amides is 1. The van der Waals surface area contributed by atoms with Crippen molar-refractivity contribution in [3.63, 3.8) is 0 Å². The van der Waals surface area contributed by atoms with Crippen molar-refractivity contribution in [2.75, 3.05) is 18.4 Å². The van der Waals surface area contributed by atoms with Gasteiger partial charge in [-0.25, -0.2) is 4.98 Å². The fourth-order valence-corrected chi connectivity index (χ4v) is 2.46. The third kappa shape index (κ3) is 3.56. The number of carbonyl (C=O) groups is 1. The van der Waals surface area contributed by atoms with Gasteiger partial charge in [0.2, 0.25) is 0 Å². The summed E-state index contributed by atoms with van der Waals surface area (Å²) in [7, 11) is 0. The highest BCUT2D eigenvalue weighted by molar-refractivity contribution is 7.12. The largest absolute Gasteiger partial charge is 0.368 e. The molecule has 2 N–H and O–H groups in total. The van der Waals surface area contributed by atoms with Gasteiger partial charge in [-0.2, -0.15) is 5.26 Å². The summed E-state index contributed by atoms with van der Waals surface area (Å²) >= 11 is 1.44. The fourth-order valence-electron chi connectivity index (χ4n) is 1.62. The number of rotatable bonds is 5. The topological polar surface area (TPSA) is 77.8 Å². The molecule has 0 bridgehead atoms. The lowest BCUT2D eigenvalue weighted by atomic mass is 10.3. The van der Waals surface area contributed by atoms with Crippen LogP contribution in [-0.2, 0) is 0 Å². The average Bonchev–Trinajstić information content (AvgIpc) is 2.90. The number of aromatic nitrogens is 1. The summed E-state index contributed by atoms with van der Waals surface area (Å²) in [6.45, 7) is 3.01. The molecule has 1 amide bonds. The van der Waals surface area contributed by atoms with Gasteiger partial charge in [0, 0.05) is 19.3 Å². The molecule has 0 aliphatic rings. The lowest BCUT2D eigenvalue weighted by Gasteiger charge is -2.07. The van der Waals surface area contributed by atoms with E-state index in [1.807, 2.05) is 24.4 Å². The Hall–Kier alpha value is -2.39. The van der Waals surface area contributed by atoms with Crippen LogP contribution in [0.3, 0.4) is 0 Å². The Morgan fingerprint density at radius 2 is 2.25 bits per heavy atom. The first-order valence-electron chi connectivity index (χ1n) is 6.13. The molecule has 5 nitrogen and oxygen atoms in total. The molecule has 0 unspecified atom stereocenters. The second kappa shape index (κ2) is 6.68. The lowest BCUT2D eigenvalue weighted by molar-refractivity contribution is 0.0958. The molecule has 2 aromatic rings. The maximum Gasteiger partial charge on any atom is 0.261 e. The zero-order chi connectivity index (χ0) is 14.4. The van der Waals surface area contributed by atoms with E-state index in [2.05, 4.69) is 15.6 Å². The average molecular weight is 286 g/mol. The van der Waals surface area contributed by atoms with Crippen LogP contribution >= 0.6 is 11.3 Å². The van der Waals surface area contributed by atoms with Crippen molar-refractivity contribution in [2.45, 2.75) is 6.92 Å². The molecule has 2 rings (SSSR count). The van der Waals surface area contributed by atoms with E-state index in [1.165, 1.54) is 17.5 Å². The number of hydrogen-bond donors (Lipinski definition) is 2. The quantitative estimate of drug-likeness (QED) is 0.826. The van der Waals surface area contributed by atoms with Gasteiger partial charge in [0.05, 0.1) is 10.4 Å². The highest BCUT2D eigenvalue weighted by Gasteiger charge is 2.08. The number of nitrogens with zero attached hydrogens (tertiary/aromatic N) is 2. The van der Waals surface area contributed by atoms with E-state index in [1.54, 1.807) is 12.1 Å². The highest BCUT2D eigenvalue weighted by Crippen LogP contribution is 2.14. The van der Waals surface area contributed by atoms with Gasteiger partial charge in [0.1, 0.15) is 11.9 Å². The maximum atomic E-state index is 11.8. The van der Waals surface area contributed by atoms with Gasteiger partial charge < -0.3 is 10.6 Å². The Morgan fingerprint density at radius 1 is 1.40 bits per heavy atom. The monoisotopic (exact) mass is 286 g/mol. The number of nitrogens with one attached hydrogen (secondary N) is 2. The summed E-state index contributed by atoms with van der Waals surface area (Å²) in [5, 5.41) is 16.5. The summed E-state index contributed by atoms with van der Waals surface area (Å²) in [6, 6.07) is 7.38. The number of anilines is 1. The van der Waals surface area contributed by atoms with Gasteiger partial charge in [-0.05, 0) is 36.1 Å². The zero-order valence-corrected chi connectivity index (χ0v) is 11.8. The molecule has 0 saturated carbocycles. The number of pyridine rings is 1. The van der Waals surface area contributed by atoms with Crippen molar-refractivity contribution >= 4 is 23.1 Å². The van der Waals surface area contributed by atoms with Crippen LogP contribution in [0.4, 0.5) is 5.82 Å². The summed E-state index contributed by atoms with van der Waals surface area (Å²) in [5.74, 6) is 0.637. The van der Waals surface area contributed by atoms with Gasteiger partial charge in [0.25, 0.3) is 5.91 Å². The van der Waals surface area contributed by atoms with Gasteiger partial charge in [-0.1, -0.05) is 0 Å². The predicted molar refractivity (Wildman–Crippen MR) is 78.8 cm³/mol. The second-order valence-corrected chi connectivity index (χ2v) is 5.08. The van der Waals surface area contributed by atoms with Gasteiger partial charge in [-0.15, -0.1) is 11.3 Å². The minimum absolute atomic E-state index is 0.0490. The molecule has 2 heterocycles. The summed E-state index contributed by atoms with van der Waals surface area (Å²) < 4.78 is 0. The van der Waals surface area contributed by atoms with E-state index >= 15 is 0 Å². The van der Waals surface area contributed by atoms with Crippen molar-refractivity contribution in [3.05, 3.63) is 45.8 Å². The van der Waals surface area contributed by atoms with Crippen LogP contribution in [0.1, 0.15) is 20.8 Å². The van der Waals surface area contributed by atoms with Crippen LogP contribution in [0, 0.1) is 18.3 Å². The van der Waals surface area contributed by atoms with E-state index in [0.29, 0.717) is 24.5 Å². The van der Waals surface area contributed by atoms with Crippen molar-refractivity contribution in [2.24, 2.45) is 0 Å². The summed E-state index contributed by atoms with van der Waals surface area (Å²) in [6.07, 6.45) is 1.51. The Kier molecular flexibility index (Phi) is 4.69. The Balaban J connectivity index is 1.75. The molecule has 0 saturated heterocycles. The molecule has 0 spiro atoms. The summed E-state index contributed by atoms with van der Waals surface area (Å²) in [5.41, 5.74) is 1.52. The number of carbonyl (C=O) groups excluding carboxylic acids is 1. The van der Waals surface area contributed by atoms with E-state index in [-0.39, 0.29) is 5.91 Å². The lowest BCUT2D eigenvalue weighted by Crippen LogP contribution is -2.28. The first-order valence-corrected chi connectivity index (χ1v) is 7.01. The van der Waals surface area contributed by atoms with Crippen LogP contribution in [0.15, 0.2) is 29.8 Å². The molecule has 0 aliphatic carbocycles. The first-order chi connectivity index (χ1) is 9.70. The number of nitriles is 1. The molecule has 0 radical (unpaired) electrons. The smallest absolute Gasteiger partial charge is 0.261 e. The number of hydrogen-bond acceptors (Lipinski definition) is 5. The number of thiophene rings is 1. The molecule has 0 aromatic carbocycles. The SMILES string of the molecule is Cc1ccsc1C(=O)NCCNc1ccc(C#N)cn1. The van der Waals surface area contributed by atoms with Crippen LogP contribution < -0.4 is 10.6 Å². The van der Waals surface area contributed by atoms with Crippen LogP contribution in [0.5, 0.6) is 0 Å². The van der Waals surface area contributed by atoms with Crippen LogP contribution in [0.25, 0.3) is 0 Å². The predicted octanol–water partition coefficient (Wildman–Crippen LogP) is 2.17. The molecular formula is C14H14N4OS. The van der Waals surface area contributed by atoms with E-state index in [9.17, 15) is 4.79 Å². The zero-order valence-electron chi connectivity index (χ0n) is 11.0. The molecule has 0 aliphatic heterocycles. The minimum atomic E-state index is -0.0490. The Morgan fingerprint density at radius 3 is 2.85 bits per heavy atom. The van der Waals surface area contributed by atoms with Crippen LogP contribution in [0.2, 0.25) is 0 Å². The molecule has 0 atom stereocenters. The first kappa shape index (κ1) is 14.0. The fraction of sp³-hybridized carbons (Fsp3) is 0.214. The van der Waals surface area contributed by atoms with Crippen LogP contribution in [-0.4, -0.2) is 24.0 Å². The highest BCUT2D eigenvalue weighted by atomic mass is 32.1. The third-order valence-corrected chi connectivity index (χ3v) is 3.69. The van der Waals surface area contributed by atoms with E-state index in [4.69, 9.17) is 5.26 Å². The molecule has 20 heavy (non-hydrogen) atoms. The van der Waals surface area contributed by atoms with E-state index < -0.39 is 0 Å². The molecule has 2 aromatic heterocycles. The van der Waals surface area contributed by atoms with Gasteiger partial charge in [-0.3, -0.25) is 4.79 Å². The van der Waals surface area contributed by atoms with E-state index in [0.717, 1.165) is 10.4 Å². The van der Waals surface area contributed by atoms with Crippen molar-refractivity contribution < 1.29 is 4.79 Å². The standard InChI is InChI=1S/C14H14N4OS/c1-10-4-7-20-13(10)14(19)17-6-5-16-12-3-2-11(8-15)9-18-12/h2-4,7,9H,5-6H2,1H3,(H,16,18)(H,17,19). The molecule has 6 heteroatoms. The molecule has 0 fully saturated rings. The van der Waals surface area contributed by atoms with Crippen molar-refractivity contribution in [3.8, 4) is 6.07 Å².